The van der Waals surface area contributed by atoms with Crippen LogP contribution in [0.4, 0.5) is 0 Å². The zero-order valence-corrected chi connectivity index (χ0v) is 12.8. The molecule has 0 aromatic heterocycles. The Morgan fingerprint density at radius 1 is 1.05 bits per heavy atom. The highest BCUT2D eigenvalue weighted by molar-refractivity contribution is 5.85. The highest BCUT2D eigenvalue weighted by Crippen LogP contribution is 2.44. The fourth-order valence-corrected chi connectivity index (χ4v) is 3.72. The standard InChI is InChI=1S/C18H19N.ClH/c1-12-6-7-14-11-17-18-13(8-9-19(17)2)4-3-5-15(18)16(14)10-12;/h3-7,10,17H,8-9,11H2,1-2H3;1H. The molecule has 0 amide bonds. The van der Waals surface area contributed by atoms with Gasteiger partial charge >= 0.3 is 0 Å². The van der Waals surface area contributed by atoms with Gasteiger partial charge in [-0.05, 0) is 54.6 Å². The van der Waals surface area contributed by atoms with Crippen LogP contribution in [0.1, 0.15) is 28.3 Å². The molecule has 0 saturated carbocycles. The molecule has 20 heavy (non-hydrogen) atoms. The predicted molar refractivity (Wildman–Crippen MR) is 86.6 cm³/mol. The summed E-state index contributed by atoms with van der Waals surface area (Å²) in [4.78, 5) is 2.52. The first-order valence-corrected chi connectivity index (χ1v) is 7.16. The first kappa shape index (κ1) is 13.7. The van der Waals surface area contributed by atoms with Crippen LogP contribution >= 0.6 is 12.4 Å². The number of fused-ring (bicyclic) bond motifs is 2. The van der Waals surface area contributed by atoms with Gasteiger partial charge in [0.25, 0.3) is 0 Å². The van der Waals surface area contributed by atoms with E-state index in [2.05, 4.69) is 55.3 Å². The molecular formula is C18H20ClN. The van der Waals surface area contributed by atoms with E-state index in [0.29, 0.717) is 6.04 Å². The van der Waals surface area contributed by atoms with E-state index in [9.17, 15) is 0 Å². The lowest BCUT2D eigenvalue weighted by Crippen LogP contribution is -2.35. The quantitative estimate of drug-likeness (QED) is 0.702. The van der Waals surface area contributed by atoms with Crippen LogP contribution in [0.25, 0.3) is 11.1 Å². The molecule has 0 radical (unpaired) electrons. The van der Waals surface area contributed by atoms with Crippen LogP contribution in [0.15, 0.2) is 36.4 Å². The van der Waals surface area contributed by atoms with Crippen molar-refractivity contribution in [3.8, 4) is 11.1 Å². The van der Waals surface area contributed by atoms with Crippen molar-refractivity contribution in [1.29, 1.82) is 0 Å². The molecule has 1 atom stereocenters. The molecule has 1 aliphatic heterocycles. The molecule has 0 fully saturated rings. The Kier molecular flexibility index (Phi) is 3.35. The summed E-state index contributed by atoms with van der Waals surface area (Å²) >= 11 is 0. The molecule has 2 aromatic carbocycles. The highest BCUT2D eigenvalue weighted by Gasteiger charge is 2.32. The predicted octanol–water partition coefficient (Wildman–Crippen LogP) is 4.17. The van der Waals surface area contributed by atoms with Crippen LogP contribution in [0.3, 0.4) is 0 Å². The van der Waals surface area contributed by atoms with E-state index >= 15 is 0 Å². The second-order valence-electron chi connectivity index (χ2n) is 5.99. The van der Waals surface area contributed by atoms with Crippen molar-refractivity contribution >= 4 is 12.4 Å². The summed E-state index contributed by atoms with van der Waals surface area (Å²) in [5.74, 6) is 0. The van der Waals surface area contributed by atoms with Crippen molar-refractivity contribution in [3.63, 3.8) is 0 Å². The topological polar surface area (TPSA) is 3.24 Å². The molecule has 104 valence electrons. The van der Waals surface area contributed by atoms with Crippen molar-refractivity contribution in [2.45, 2.75) is 25.8 Å². The Balaban J connectivity index is 0.00000121. The van der Waals surface area contributed by atoms with Crippen LogP contribution in [0.5, 0.6) is 0 Å². The minimum absolute atomic E-state index is 0. The Morgan fingerprint density at radius 3 is 2.75 bits per heavy atom. The van der Waals surface area contributed by atoms with Gasteiger partial charge in [0.05, 0.1) is 0 Å². The second-order valence-corrected chi connectivity index (χ2v) is 5.99. The Hall–Kier alpha value is -1.31. The minimum atomic E-state index is 0. The molecular weight excluding hydrogens is 266 g/mol. The number of halogens is 1. The molecule has 0 N–H and O–H groups in total. The van der Waals surface area contributed by atoms with Gasteiger partial charge in [0.2, 0.25) is 0 Å². The number of hydrogen-bond acceptors (Lipinski definition) is 1. The van der Waals surface area contributed by atoms with E-state index in [-0.39, 0.29) is 12.4 Å². The van der Waals surface area contributed by atoms with E-state index < -0.39 is 0 Å². The summed E-state index contributed by atoms with van der Waals surface area (Å²) in [5.41, 5.74) is 8.96. The number of likely N-dealkylation sites (N-methyl/N-ethyl adjacent to an activating group) is 1. The van der Waals surface area contributed by atoms with Gasteiger partial charge in [0.15, 0.2) is 0 Å². The summed E-state index contributed by atoms with van der Waals surface area (Å²) in [5, 5.41) is 0. The number of benzene rings is 2. The van der Waals surface area contributed by atoms with Crippen LogP contribution in [-0.4, -0.2) is 18.5 Å². The zero-order valence-electron chi connectivity index (χ0n) is 12.0. The highest BCUT2D eigenvalue weighted by atomic mass is 35.5. The lowest BCUT2D eigenvalue weighted by molar-refractivity contribution is 0.228. The average Bonchev–Trinajstić information content (AvgIpc) is 2.43. The largest absolute Gasteiger partial charge is 0.299 e. The van der Waals surface area contributed by atoms with Gasteiger partial charge in [-0.25, -0.2) is 0 Å². The molecule has 0 spiro atoms. The molecule has 0 bridgehead atoms. The molecule has 1 heterocycles. The van der Waals surface area contributed by atoms with Gasteiger partial charge in [-0.15, -0.1) is 12.4 Å². The lowest BCUT2D eigenvalue weighted by atomic mass is 9.77. The van der Waals surface area contributed by atoms with Crippen molar-refractivity contribution < 1.29 is 0 Å². The zero-order chi connectivity index (χ0) is 13.0. The first-order chi connectivity index (χ1) is 9.24. The Labute approximate surface area is 127 Å². The number of hydrogen-bond donors (Lipinski definition) is 0. The summed E-state index contributed by atoms with van der Waals surface area (Å²) in [6, 6.07) is 14.4. The molecule has 4 rings (SSSR count). The smallest absolute Gasteiger partial charge is 0.0394 e. The van der Waals surface area contributed by atoms with E-state index in [0.717, 1.165) is 6.42 Å². The van der Waals surface area contributed by atoms with E-state index in [4.69, 9.17) is 0 Å². The summed E-state index contributed by atoms with van der Waals surface area (Å²) in [7, 11) is 2.27. The molecule has 2 heteroatoms. The fraction of sp³-hybridized carbons (Fsp3) is 0.333. The lowest BCUT2D eigenvalue weighted by Gasteiger charge is -2.39. The average molecular weight is 286 g/mol. The molecule has 0 saturated heterocycles. The maximum absolute atomic E-state index is 2.52. The third kappa shape index (κ3) is 1.88. The van der Waals surface area contributed by atoms with Crippen LogP contribution in [-0.2, 0) is 12.8 Å². The van der Waals surface area contributed by atoms with Gasteiger partial charge < -0.3 is 0 Å². The Morgan fingerprint density at radius 2 is 1.90 bits per heavy atom. The van der Waals surface area contributed by atoms with Crippen molar-refractivity contribution in [1.82, 2.24) is 4.90 Å². The van der Waals surface area contributed by atoms with E-state index in [1.165, 1.54) is 35.2 Å². The van der Waals surface area contributed by atoms with E-state index in [1.54, 1.807) is 11.1 Å². The summed E-state index contributed by atoms with van der Waals surface area (Å²) in [6.45, 7) is 3.37. The van der Waals surface area contributed by atoms with Crippen LogP contribution in [0, 0.1) is 6.92 Å². The maximum atomic E-state index is 2.52. The monoisotopic (exact) mass is 285 g/mol. The van der Waals surface area contributed by atoms with Gasteiger partial charge in [0.1, 0.15) is 0 Å². The van der Waals surface area contributed by atoms with Crippen LogP contribution in [0.2, 0.25) is 0 Å². The maximum Gasteiger partial charge on any atom is 0.0394 e. The first-order valence-electron chi connectivity index (χ1n) is 7.16. The normalized spacial score (nSPS) is 19.8. The molecule has 1 unspecified atom stereocenters. The summed E-state index contributed by atoms with van der Waals surface area (Å²) in [6.07, 6.45) is 2.35. The van der Waals surface area contributed by atoms with Gasteiger partial charge in [0, 0.05) is 12.6 Å². The number of rotatable bonds is 0. The fourth-order valence-electron chi connectivity index (χ4n) is 3.72. The molecule has 1 nitrogen and oxygen atoms in total. The van der Waals surface area contributed by atoms with Crippen LogP contribution < -0.4 is 0 Å². The molecule has 2 aromatic rings. The molecule has 1 aliphatic carbocycles. The number of nitrogens with zero attached hydrogens (tertiary/aromatic N) is 1. The third-order valence-electron chi connectivity index (χ3n) is 4.76. The SMILES string of the molecule is Cc1ccc2c(c1)-c1cccc3c1C(C2)N(C)CC3.Cl. The molecule has 2 aliphatic rings. The van der Waals surface area contributed by atoms with Gasteiger partial charge in [-0.1, -0.05) is 42.0 Å². The third-order valence-corrected chi connectivity index (χ3v) is 4.76. The second kappa shape index (κ2) is 4.91. The Bertz CT molecular complexity index is 662. The van der Waals surface area contributed by atoms with Gasteiger partial charge in [-0.2, -0.15) is 0 Å². The van der Waals surface area contributed by atoms with Crippen molar-refractivity contribution in [2.75, 3.05) is 13.6 Å². The number of aryl methyl sites for hydroxylation is 1. The minimum Gasteiger partial charge on any atom is -0.299 e. The van der Waals surface area contributed by atoms with Gasteiger partial charge in [-0.3, -0.25) is 4.90 Å². The van der Waals surface area contributed by atoms with E-state index in [1.807, 2.05) is 0 Å². The van der Waals surface area contributed by atoms with Crippen molar-refractivity contribution in [2.24, 2.45) is 0 Å². The summed E-state index contributed by atoms with van der Waals surface area (Å²) < 4.78 is 0. The van der Waals surface area contributed by atoms with Crippen molar-refractivity contribution in [3.05, 3.63) is 58.7 Å².